The zero-order valence-electron chi connectivity index (χ0n) is 10.9. The highest BCUT2D eigenvalue weighted by atomic mass is 16.3. The molecule has 2 amide bonds. The Labute approximate surface area is 111 Å². The van der Waals surface area contributed by atoms with Gasteiger partial charge in [-0.2, -0.15) is 0 Å². The fourth-order valence-corrected chi connectivity index (χ4v) is 2.10. The van der Waals surface area contributed by atoms with Crippen LogP contribution in [0.15, 0.2) is 18.3 Å². The lowest BCUT2D eigenvalue weighted by atomic mass is 10.2. The van der Waals surface area contributed by atoms with Crippen molar-refractivity contribution < 1.29 is 14.7 Å². The number of piperazine rings is 1. The number of hydrogen-bond acceptors (Lipinski definition) is 4. The molecule has 1 aromatic rings. The van der Waals surface area contributed by atoms with Crippen LogP contribution in [-0.4, -0.2) is 57.9 Å². The average molecular weight is 263 g/mol. The van der Waals surface area contributed by atoms with Gasteiger partial charge in [0.25, 0.3) is 5.91 Å². The third kappa shape index (κ3) is 3.08. The smallest absolute Gasteiger partial charge is 0.254 e. The summed E-state index contributed by atoms with van der Waals surface area (Å²) in [5, 5.41) is 9.02. The molecule has 2 rings (SSSR count). The number of pyridine rings is 1. The van der Waals surface area contributed by atoms with E-state index in [9.17, 15) is 9.59 Å². The normalized spacial score (nSPS) is 15.5. The number of hydrogen-bond donors (Lipinski definition) is 1. The van der Waals surface area contributed by atoms with Crippen LogP contribution in [0.4, 0.5) is 0 Å². The van der Waals surface area contributed by atoms with Gasteiger partial charge in [-0.15, -0.1) is 0 Å². The largest absolute Gasteiger partial charge is 0.390 e. The van der Waals surface area contributed by atoms with Crippen molar-refractivity contribution in [2.45, 2.75) is 13.5 Å². The van der Waals surface area contributed by atoms with Gasteiger partial charge in [0.2, 0.25) is 5.91 Å². The highest BCUT2D eigenvalue weighted by Gasteiger charge is 2.23. The maximum absolute atomic E-state index is 12.3. The minimum absolute atomic E-state index is 0.0403. The van der Waals surface area contributed by atoms with E-state index in [0.717, 1.165) is 0 Å². The van der Waals surface area contributed by atoms with Gasteiger partial charge in [0.15, 0.2) is 0 Å². The van der Waals surface area contributed by atoms with Crippen molar-refractivity contribution >= 4 is 11.8 Å². The second-order valence-electron chi connectivity index (χ2n) is 4.49. The summed E-state index contributed by atoms with van der Waals surface area (Å²) >= 11 is 0. The van der Waals surface area contributed by atoms with E-state index >= 15 is 0 Å². The van der Waals surface area contributed by atoms with Gasteiger partial charge in [-0.1, -0.05) is 0 Å². The first-order valence-corrected chi connectivity index (χ1v) is 6.22. The van der Waals surface area contributed by atoms with Crippen LogP contribution in [0.3, 0.4) is 0 Å². The molecule has 1 aromatic heterocycles. The van der Waals surface area contributed by atoms with Crippen molar-refractivity contribution in [2.24, 2.45) is 0 Å². The highest BCUT2D eigenvalue weighted by molar-refractivity contribution is 5.94. The number of carbonyl (C=O) groups excluding carboxylic acids is 2. The van der Waals surface area contributed by atoms with Gasteiger partial charge in [-0.3, -0.25) is 14.6 Å². The second-order valence-corrected chi connectivity index (χ2v) is 4.49. The molecular weight excluding hydrogens is 246 g/mol. The summed E-state index contributed by atoms with van der Waals surface area (Å²) in [4.78, 5) is 30.9. The van der Waals surface area contributed by atoms with Crippen molar-refractivity contribution in [1.29, 1.82) is 0 Å². The molecule has 0 radical (unpaired) electrons. The lowest BCUT2D eigenvalue weighted by Gasteiger charge is -2.34. The summed E-state index contributed by atoms with van der Waals surface area (Å²) in [5.41, 5.74) is 1.00. The molecule has 0 saturated carbocycles. The first-order valence-electron chi connectivity index (χ1n) is 6.22. The van der Waals surface area contributed by atoms with E-state index in [1.807, 2.05) is 0 Å². The van der Waals surface area contributed by atoms with Gasteiger partial charge in [-0.05, 0) is 12.1 Å². The molecule has 6 nitrogen and oxygen atoms in total. The molecule has 0 aromatic carbocycles. The molecule has 0 aliphatic carbocycles. The Hall–Kier alpha value is -1.95. The Morgan fingerprint density at radius 1 is 1.26 bits per heavy atom. The van der Waals surface area contributed by atoms with E-state index in [1.54, 1.807) is 21.9 Å². The number of amides is 2. The number of carbonyl (C=O) groups is 2. The fourth-order valence-electron chi connectivity index (χ4n) is 2.10. The summed E-state index contributed by atoms with van der Waals surface area (Å²) in [7, 11) is 0. The molecule has 1 fully saturated rings. The van der Waals surface area contributed by atoms with Crippen molar-refractivity contribution in [2.75, 3.05) is 26.2 Å². The summed E-state index contributed by atoms with van der Waals surface area (Å²) < 4.78 is 0. The third-order valence-electron chi connectivity index (χ3n) is 3.24. The van der Waals surface area contributed by atoms with Crippen LogP contribution in [0.5, 0.6) is 0 Å². The van der Waals surface area contributed by atoms with Gasteiger partial charge in [-0.25, -0.2) is 0 Å². The van der Waals surface area contributed by atoms with Crippen molar-refractivity contribution in [3.63, 3.8) is 0 Å². The summed E-state index contributed by atoms with van der Waals surface area (Å²) in [5.74, 6) is -0.0427. The van der Waals surface area contributed by atoms with Crippen LogP contribution in [0.25, 0.3) is 0 Å². The molecule has 102 valence electrons. The van der Waals surface area contributed by atoms with E-state index in [0.29, 0.717) is 37.4 Å². The van der Waals surface area contributed by atoms with E-state index in [4.69, 9.17) is 5.11 Å². The van der Waals surface area contributed by atoms with E-state index in [-0.39, 0.29) is 18.4 Å². The van der Waals surface area contributed by atoms with Crippen molar-refractivity contribution in [3.8, 4) is 0 Å². The molecule has 1 aliphatic rings. The first kappa shape index (κ1) is 13.5. The number of nitrogens with zero attached hydrogens (tertiary/aromatic N) is 3. The molecule has 0 unspecified atom stereocenters. The van der Waals surface area contributed by atoms with Gasteiger partial charge in [0.1, 0.15) is 0 Å². The number of aliphatic hydroxyl groups excluding tert-OH is 1. The van der Waals surface area contributed by atoms with Crippen molar-refractivity contribution in [1.82, 2.24) is 14.8 Å². The molecule has 1 aliphatic heterocycles. The molecular formula is C13H17N3O3. The van der Waals surface area contributed by atoms with Gasteiger partial charge >= 0.3 is 0 Å². The summed E-state index contributed by atoms with van der Waals surface area (Å²) in [6, 6.07) is 3.23. The summed E-state index contributed by atoms with van der Waals surface area (Å²) in [6.07, 6.45) is 1.52. The minimum atomic E-state index is -0.181. The van der Waals surface area contributed by atoms with Gasteiger partial charge in [0, 0.05) is 44.9 Å². The molecule has 0 atom stereocenters. The fraction of sp³-hybridized carbons (Fsp3) is 0.462. The number of aliphatic hydroxyl groups is 1. The zero-order chi connectivity index (χ0) is 13.8. The van der Waals surface area contributed by atoms with Crippen molar-refractivity contribution in [3.05, 3.63) is 29.6 Å². The Bertz CT molecular complexity index is 482. The Morgan fingerprint density at radius 3 is 2.47 bits per heavy atom. The first-order chi connectivity index (χ1) is 9.11. The van der Waals surface area contributed by atoms with Gasteiger partial charge < -0.3 is 14.9 Å². The number of rotatable bonds is 2. The Balaban J connectivity index is 2.02. The maximum atomic E-state index is 12.3. The monoisotopic (exact) mass is 263 g/mol. The molecule has 2 heterocycles. The lowest BCUT2D eigenvalue weighted by Crippen LogP contribution is -2.50. The van der Waals surface area contributed by atoms with Crippen LogP contribution in [0, 0.1) is 0 Å². The maximum Gasteiger partial charge on any atom is 0.254 e. The van der Waals surface area contributed by atoms with E-state index < -0.39 is 0 Å². The predicted octanol–water partition coefficient (Wildman–Crippen LogP) is -0.122. The lowest BCUT2D eigenvalue weighted by molar-refractivity contribution is -0.130. The molecule has 19 heavy (non-hydrogen) atoms. The van der Waals surface area contributed by atoms with Crippen LogP contribution in [-0.2, 0) is 11.4 Å². The van der Waals surface area contributed by atoms with Gasteiger partial charge in [0.05, 0.1) is 12.3 Å². The highest BCUT2D eigenvalue weighted by Crippen LogP contribution is 2.10. The topological polar surface area (TPSA) is 73.7 Å². The average Bonchev–Trinajstić information content (AvgIpc) is 2.46. The van der Waals surface area contributed by atoms with E-state index in [2.05, 4.69) is 4.98 Å². The Morgan fingerprint density at radius 2 is 1.89 bits per heavy atom. The number of aromatic nitrogens is 1. The predicted molar refractivity (Wildman–Crippen MR) is 68.3 cm³/mol. The molecule has 1 N–H and O–H groups in total. The Kier molecular flexibility index (Phi) is 4.11. The second kappa shape index (κ2) is 5.79. The molecule has 6 heteroatoms. The van der Waals surface area contributed by atoms with E-state index in [1.165, 1.54) is 13.1 Å². The summed E-state index contributed by atoms with van der Waals surface area (Å²) in [6.45, 7) is 3.57. The van der Waals surface area contributed by atoms with Crippen LogP contribution in [0.1, 0.15) is 23.0 Å². The molecule has 1 saturated heterocycles. The third-order valence-corrected chi connectivity index (χ3v) is 3.24. The minimum Gasteiger partial charge on any atom is -0.390 e. The van der Waals surface area contributed by atoms with Crippen LogP contribution >= 0.6 is 0 Å². The molecule has 0 bridgehead atoms. The van der Waals surface area contributed by atoms with Crippen LogP contribution < -0.4 is 0 Å². The molecule has 0 spiro atoms. The SMILES string of the molecule is CC(=O)N1CCN(C(=O)c2ccnc(CO)c2)CC1. The zero-order valence-corrected chi connectivity index (χ0v) is 10.9. The standard InChI is InChI=1S/C13H17N3O3/c1-10(18)15-4-6-16(7-5-15)13(19)11-2-3-14-12(8-11)9-17/h2-3,8,17H,4-7,9H2,1H3. The van der Waals surface area contributed by atoms with Crippen LogP contribution in [0.2, 0.25) is 0 Å². The quantitative estimate of drug-likeness (QED) is 0.807.